The summed E-state index contributed by atoms with van der Waals surface area (Å²) in [4.78, 5) is 2.64. The van der Waals surface area contributed by atoms with Crippen LogP contribution in [-0.2, 0) is 0 Å². The van der Waals surface area contributed by atoms with E-state index in [-0.39, 0.29) is 0 Å². The molecule has 2 rings (SSSR count). The molecule has 0 unspecified atom stereocenters. The Kier molecular flexibility index (Phi) is 6.28. The van der Waals surface area contributed by atoms with E-state index in [9.17, 15) is 0 Å². The monoisotopic (exact) mass is 291 g/mol. The smallest absolute Gasteiger partial charge is 0.0543 e. The maximum atomic E-state index is 4.58. The van der Waals surface area contributed by atoms with Gasteiger partial charge in [-0.05, 0) is 43.2 Å². The lowest BCUT2D eigenvalue weighted by Gasteiger charge is -2.32. The summed E-state index contributed by atoms with van der Waals surface area (Å²) in [5, 5.41) is 4.58. The molecule has 3 heteroatoms. The highest BCUT2D eigenvalue weighted by molar-refractivity contribution is 5.09. The number of hydrogen-bond acceptors (Lipinski definition) is 2. The molecule has 120 valence electrons. The number of hydrogen-bond donors (Lipinski definition) is 0. The molecular formula is C18H33N3. The summed E-state index contributed by atoms with van der Waals surface area (Å²) in [7, 11) is 0. The molecule has 21 heavy (non-hydrogen) atoms. The average Bonchev–Trinajstić information content (AvgIpc) is 2.94. The molecule has 1 fully saturated rings. The van der Waals surface area contributed by atoms with E-state index in [0.717, 1.165) is 5.92 Å². The van der Waals surface area contributed by atoms with E-state index in [1.807, 2.05) is 6.20 Å². The van der Waals surface area contributed by atoms with E-state index >= 15 is 0 Å². The van der Waals surface area contributed by atoms with Crippen molar-refractivity contribution in [3.8, 4) is 0 Å². The van der Waals surface area contributed by atoms with Gasteiger partial charge < -0.3 is 4.90 Å². The van der Waals surface area contributed by atoms with E-state index < -0.39 is 0 Å². The Morgan fingerprint density at radius 1 is 1.14 bits per heavy atom. The Hall–Kier alpha value is -0.830. The zero-order chi connectivity index (χ0) is 15.2. The zero-order valence-corrected chi connectivity index (χ0v) is 14.4. The Morgan fingerprint density at radius 2 is 1.86 bits per heavy atom. The lowest BCUT2D eigenvalue weighted by Crippen LogP contribution is -2.35. The summed E-state index contributed by atoms with van der Waals surface area (Å²) in [5.74, 6) is 1.44. The number of aromatic nitrogens is 2. The lowest BCUT2D eigenvalue weighted by molar-refractivity contribution is 0.176. The van der Waals surface area contributed by atoms with Crippen LogP contribution in [-0.4, -0.2) is 34.3 Å². The molecule has 0 N–H and O–H groups in total. The van der Waals surface area contributed by atoms with Crippen LogP contribution < -0.4 is 0 Å². The van der Waals surface area contributed by atoms with Crippen molar-refractivity contribution in [1.29, 1.82) is 0 Å². The number of nitrogens with zero attached hydrogens (tertiary/aromatic N) is 3. The van der Waals surface area contributed by atoms with Crippen molar-refractivity contribution in [2.75, 3.05) is 19.6 Å². The summed E-state index contributed by atoms with van der Waals surface area (Å²) in [6.07, 6.45) is 10.9. The second-order valence-corrected chi connectivity index (χ2v) is 7.37. The molecule has 0 radical (unpaired) electrons. The predicted molar refractivity (Wildman–Crippen MR) is 89.7 cm³/mol. The first-order chi connectivity index (χ1) is 10.1. The predicted octanol–water partition coefficient (Wildman–Crippen LogP) is 4.47. The van der Waals surface area contributed by atoms with Gasteiger partial charge >= 0.3 is 0 Å². The number of unbranched alkanes of at least 4 members (excludes halogenated alkanes) is 1. The van der Waals surface area contributed by atoms with Crippen LogP contribution in [0, 0.1) is 5.92 Å². The van der Waals surface area contributed by atoms with Gasteiger partial charge in [-0.3, -0.25) is 4.68 Å². The van der Waals surface area contributed by atoms with Crippen LogP contribution in [0.1, 0.15) is 77.3 Å². The Labute approximate surface area is 130 Å². The SMILES string of the molecule is CC(C)CCCCN1CCC(n2cc(C(C)C)cn2)CC1. The molecule has 1 saturated heterocycles. The first kappa shape index (κ1) is 16.5. The van der Waals surface area contributed by atoms with Gasteiger partial charge in [-0.1, -0.05) is 40.5 Å². The van der Waals surface area contributed by atoms with Crippen molar-refractivity contribution < 1.29 is 0 Å². The molecular weight excluding hydrogens is 258 g/mol. The highest BCUT2D eigenvalue weighted by atomic mass is 15.3. The van der Waals surface area contributed by atoms with E-state index in [4.69, 9.17) is 0 Å². The molecule has 0 aromatic carbocycles. The molecule has 0 spiro atoms. The van der Waals surface area contributed by atoms with Gasteiger partial charge in [0.1, 0.15) is 0 Å². The largest absolute Gasteiger partial charge is 0.303 e. The van der Waals surface area contributed by atoms with Crippen LogP contribution in [0.25, 0.3) is 0 Å². The number of rotatable bonds is 7. The van der Waals surface area contributed by atoms with Gasteiger partial charge in [-0.15, -0.1) is 0 Å². The second-order valence-electron chi connectivity index (χ2n) is 7.37. The minimum absolute atomic E-state index is 0.583. The third kappa shape index (κ3) is 5.14. The third-order valence-electron chi connectivity index (χ3n) is 4.73. The minimum atomic E-state index is 0.583. The average molecular weight is 291 g/mol. The quantitative estimate of drug-likeness (QED) is 0.691. The molecule has 1 aromatic heterocycles. The third-order valence-corrected chi connectivity index (χ3v) is 4.73. The van der Waals surface area contributed by atoms with Gasteiger partial charge in [-0.25, -0.2) is 0 Å². The second kappa shape index (κ2) is 7.98. The van der Waals surface area contributed by atoms with Crippen molar-refractivity contribution in [3.05, 3.63) is 18.0 Å². The molecule has 0 aliphatic carbocycles. The molecule has 0 saturated carbocycles. The minimum Gasteiger partial charge on any atom is -0.303 e. The van der Waals surface area contributed by atoms with Crippen LogP contribution in [0.5, 0.6) is 0 Å². The molecule has 3 nitrogen and oxygen atoms in total. The highest BCUT2D eigenvalue weighted by Crippen LogP contribution is 2.24. The standard InChI is InChI=1S/C18H33N3/c1-15(2)7-5-6-10-20-11-8-18(9-12-20)21-14-17(13-19-21)16(3)4/h13-16,18H,5-12H2,1-4H3. The summed E-state index contributed by atoms with van der Waals surface area (Å²) < 4.78 is 2.21. The van der Waals surface area contributed by atoms with Gasteiger partial charge in [0.25, 0.3) is 0 Å². The van der Waals surface area contributed by atoms with Crippen LogP contribution in [0.15, 0.2) is 12.4 Å². The van der Waals surface area contributed by atoms with Gasteiger partial charge in [-0.2, -0.15) is 5.10 Å². The van der Waals surface area contributed by atoms with Crippen molar-refractivity contribution >= 4 is 0 Å². The molecule has 0 amide bonds. The summed E-state index contributed by atoms with van der Waals surface area (Å²) in [5.41, 5.74) is 1.37. The summed E-state index contributed by atoms with van der Waals surface area (Å²) >= 11 is 0. The summed E-state index contributed by atoms with van der Waals surface area (Å²) in [6, 6.07) is 0.615. The van der Waals surface area contributed by atoms with Gasteiger partial charge in [0.15, 0.2) is 0 Å². The first-order valence-electron chi connectivity index (χ1n) is 8.82. The molecule has 2 heterocycles. The topological polar surface area (TPSA) is 21.1 Å². The first-order valence-corrected chi connectivity index (χ1v) is 8.82. The molecule has 0 bridgehead atoms. The molecule has 1 aliphatic rings. The van der Waals surface area contributed by atoms with Crippen LogP contribution >= 0.6 is 0 Å². The number of likely N-dealkylation sites (tertiary alicyclic amines) is 1. The summed E-state index contributed by atoms with van der Waals surface area (Å²) in [6.45, 7) is 12.9. The van der Waals surface area contributed by atoms with E-state index in [0.29, 0.717) is 12.0 Å². The van der Waals surface area contributed by atoms with E-state index in [1.54, 1.807) is 0 Å². The maximum absolute atomic E-state index is 4.58. The zero-order valence-electron chi connectivity index (χ0n) is 14.4. The lowest BCUT2D eigenvalue weighted by atomic mass is 10.0. The normalized spacial score (nSPS) is 18.0. The molecule has 1 aromatic rings. The van der Waals surface area contributed by atoms with Crippen molar-refractivity contribution in [1.82, 2.24) is 14.7 Å². The number of piperidine rings is 1. The van der Waals surface area contributed by atoms with Gasteiger partial charge in [0.2, 0.25) is 0 Å². The van der Waals surface area contributed by atoms with Crippen LogP contribution in [0.3, 0.4) is 0 Å². The van der Waals surface area contributed by atoms with E-state index in [1.165, 1.54) is 57.3 Å². The Bertz CT molecular complexity index is 400. The van der Waals surface area contributed by atoms with E-state index in [2.05, 4.69) is 48.6 Å². The van der Waals surface area contributed by atoms with Gasteiger partial charge in [0.05, 0.1) is 12.2 Å². The fourth-order valence-corrected chi connectivity index (χ4v) is 3.15. The highest BCUT2D eigenvalue weighted by Gasteiger charge is 2.21. The van der Waals surface area contributed by atoms with Crippen molar-refractivity contribution in [2.24, 2.45) is 5.92 Å². The Balaban J connectivity index is 1.70. The fraction of sp³-hybridized carbons (Fsp3) is 0.833. The van der Waals surface area contributed by atoms with Crippen molar-refractivity contribution in [2.45, 2.75) is 71.8 Å². The van der Waals surface area contributed by atoms with Crippen LogP contribution in [0.2, 0.25) is 0 Å². The molecule has 0 atom stereocenters. The van der Waals surface area contributed by atoms with Crippen molar-refractivity contribution in [3.63, 3.8) is 0 Å². The maximum Gasteiger partial charge on any atom is 0.0543 e. The fourth-order valence-electron chi connectivity index (χ4n) is 3.15. The van der Waals surface area contributed by atoms with Crippen LogP contribution in [0.4, 0.5) is 0 Å². The Morgan fingerprint density at radius 3 is 2.43 bits per heavy atom. The van der Waals surface area contributed by atoms with Gasteiger partial charge in [0, 0.05) is 19.3 Å². The molecule has 1 aliphatic heterocycles.